The standard InChI is InChI=1S/C9H17NO4S/c1-14-9(11)6-7-15(12,13)10-8-4-2-3-5-8/h8,10H,2-7H2,1H3. The van der Waals surface area contributed by atoms with E-state index in [0.717, 1.165) is 25.7 Å². The van der Waals surface area contributed by atoms with E-state index in [0.29, 0.717) is 0 Å². The van der Waals surface area contributed by atoms with Crippen LogP contribution in [0.3, 0.4) is 0 Å². The van der Waals surface area contributed by atoms with Gasteiger partial charge in [0.05, 0.1) is 19.3 Å². The Balaban J connectivity index is 2.34. The highest BCUT2D eigenvalue weighted by molar-refractivity contribution is 7.89. The van der Waals surface area contributed by atoms with Gasteiger partial charge in [-0.3, -0.25) is 4.79 Å². The van der Waals surface area contributed by atoms with E-state index in [-0.39, 0.29) is 18.2 Å². The number of hydrogen-bond donors (Lipinski definition) is 1. The molecule has 1 rings (SSSR count). The number of esters is 1. The Labute approximate surface area is 90.2 Å². The van der Waals surface area contributed by atoms with E-state index >= 15 is 0 Å². The van der Waals surface area contributed by atoms with Crippen molar-refractivity contribution < 1.29 is 17.9 Å². The molecule has 0 atom stereocenters. The first-order valence-corrected chi connectivity index (χ1v) is 6.75. The van der Waals surface area contributed by atoms with Crippen molar-refractivity contribution in [1.82, 2.24) is 4.72 Å². The van der Waals surface area contributed by atoms with Gasteiger partial charge in [0.15, 0.2) is 0 Å². The molecule has 88 valence electrons. The average molecular weight is 235 g/mol. The molecule has 0 spiro atoms. The summed E-state index contributed by atoms with van der Waals surface area (Å²) in [5.41, 5.74) is 0. The van der Waals surface area contributed by atoms with Crippen molar-refractivity contribution in [3.05, 3.63) is 0 Å². The molecule has 0 aliphatic heterocycles. The van der Waals surface area contributed by atoms with Crippen LogP contribution in [0.5, 0.6) is 0 Å². The zero-order chi connectivity index (χ0) is 11.3. The predicted molar refractivity (Wildman–Crippen MR) is 55.8 cm³/mol. The fraction of sp³-hybridized carbons (Fsp3) is 0.889. The summed E-state index contributed by atoms with van der Waals surface area (Å²) in [5, 5.41) is 0. The van der Waals surface area contributed by atoms with Crippen LogP contribution in [-0.4, -0.2) is 33.3 Å². The quantitative estimate of drug-likeness (QED) is 0.701. The summed E-state index contributed by atoms with van der Waals surface area (Å²) in [6.45, 7) is 0. The van der Waals surface area contributed by atoms with E-state index in [1.807, 2.05) is 0 Å². The minimum Gasteiger partial charge on any atom is -0.469 e. The first kappa shape index (κ1) is 12.4. The van der Waals surface area contributed by atoms with Gasteiger partial charge in [-0.05, 0) is 12.8 Å². The number of nitrogens with one attached hydrogen (secondary N) is 1. The SMILES string of the molecule is COC(=O)CCS(=O)(=O)NC1CCCC1. The van der Waals surface area contributed by atoms with Gasteiger partial charge in [0.2, 0.25) is 10.0 Å². The molecule has 1 saturated carbocycles. The molecule has 15 heavy (non-hydrogen) atoms. The lowest BCUT2D eigenvalue weighted by Crippen LogP contribution is -2.35. The maximum Gasteiger partial charge on any atom is 0.306 e. The maximum absolute atomic E-state index is 11.5. The summed E-state index contributed by atoms with van der Waals surface area (Å²) < 4.78 is 30.0. The Morgan fingerprint density at radius 2 is 2.00 bits per heavy atom. The lowest BCUT2D eigenvalue weighted by Gasteiger charge is -2.11. The van der Waals surface area contributed by atoms with Gasteiger partial charge in [0.25, 0.3) is 0 Å². The molecule has 1 fully saturated rings. The number of sulfonamides is 1. The van der Waals surface area contributed by atoms with Gasteiger partial charge < -0.3 is 4.74 Å². The number of carbonyl (C=O) groups excluding carboxylic acids is 1. The van der Waals surface area contributed by atoms with Crippen molar-refractivity contribution in [3.63, 3.8) is 0 Å². The second-order valence-corrected chi connectivity index (χ2v) is 5.62. The Morgan fingerprint density at radius 1 is 1.40 bits per heavy atom. The molecule has 1 N–H and O–H groups in total. The number of carbonyl (C=O) groups is 1. The highest BCUT2D eigenvalue weighted by Crippen LogP contribution is 2.18. The van der Waals surface area contributed by atoms with Crippen LogP contribution < -0.4 is 4.72 Å². The first-order chi connectivity index (χ1) is 7.03. The minimum absolute atomic E-state index is 0.0626. The number of methoxy groups -OCH3 is 1. The molecule has 5 nitrogen and oxygen atoms in total. The second-order valence-electron chi connectivity index (χ2n) is 3.74. The van der Waals surface area contributed by atoms with Gasteiger partial charge in [-0.2, -0.15) is 0 Å². The molecule has 6 heteroatoms. The summed E-state index contributed by atoms with van der Waals surface area (Å²) in [4.78, 5) is 10.8. The van der Waals surface area contributed by atoms with Crippen LogP contribution in [-0.2, 0) is 19.6 Å². The van der Waals surface area contributed by atoms with Gasteiger partial charge in [-0.25, -0.2) is 13.1 Å². The fourth-order valence-electron chi connectivity index (χ4n) is 1.68. The van der Waals surface area contributed by atoms with Gasteiger partial charge in [-0.15, -0.1) is 0 Å². The van der Waals surface area contributed by atoms with Gasteiger partial charge in [0, 0.05) is 6.04 Å². The Morgan fingerprint density at radius 3 is 2.53 bits per heavy atom. The first-order valence-electron chi connectivity index (χ1n) is 5.10. The van der Waals surface area contributed by atoms with Gasteiger partial charge in [0.1, 0.15) is 0 Å². The van der Waals surface area contributed by atoms with Crippen LogP contribution in [0.2, 0.25) is 0 Å². The van der Waals surface area contributed by atoms with Crippen molar-refractivity contribution >= 4 is 16.0 Å². The summed E-state index contributed by atoms with van der Waals surface area (Å²) in [7, 11) is -2.07. The predicted octanol–water partition coefficient (Wildman–Crippen LogP) is 0.411. The van der Waals surface area contributed by atoms with Crippen molar-refractivity contribution in [2.24, 2.45) is 0 Å². The second kappa shape index (κ2) is 5.46. The average Bonchev–Trinajstić information content (AvgIpc) is 2.66. The third-order valence-electron chi connectivity index (χ3n) is 2.50. The topological polar surface area (TPSA) is 72.5 Å². The zero-order valence-corrected chi connectivity index (χ0v) is 9.68. The largest absolute Gasteiger partial charge is 0.469 e. The van der Waals surface area contributed by atoms with Crippen LogP contribution >= 0.6 is 0 Å². The van der Waals surface area contributed by atoms with Crippen LogP contribution in [0.1, 0.15) is 32.1 Å². The Bertz CT molecular complexity index is 306. The van der Waals surface area contributed by atoms with Gasteiger partial charge >= 0.3 is 5.97 Å². The van der Waals surface area contributed by atoms with Crippen LogP contribution in [0.4, 0.5) is 0 Å². The summed E-state index contributed by atoms with van der Waals surface area (Å²) in [6, 6.07) is 0.0626. The molecule has 0 aromatic heterocycles. The van der Waals surface area contributed by atoms with Crippen molar-refractivity contribution in [3.8, 4) is 0 Å². The van der Waals surface area contributed by atoms with E-state index in [9.17, 15) is 13.2 Å². The monoisotopic (exact) mass is 235 g/mol. The molecule has 0 radical (unpaired) electrons. The van der Waals surface area contributed by atoms with Crippen LogP contribution in [0.25, 0.3) is 0 Å². The molecule has 1 aliphatic rings. The molecule has 0 aromatic carbocycles. The highest BCUT2D eigenvalue weighted by atomic mass is 32.2. The van der Waals surface area contributed by atoms with Crippen molar-refractivity contribution in [1.29, 1.82) is 0 Å². The van der Waals surface area contributed by atoms with E-state index in [1.54, 1.807) is 0 Å². The van der Waals surface area contributed by atoms with E-state index in [1.165, 1.54) is 7.11 Å². The molecule has 0 amide bonds. The van der Waals surface area contributed by atoms with Gasteiger partial charge in [-0.1, -0.05) is 12.8 Å². The van der Waals surface area contributed by atoms with Crippen LogP contribution in [0.15, 0.2) is 0 Å². The van der Waals surface area contributed by atoms with E-state index in [4.69, 9.17) is 0 Å². The molecule has 0 heterocycles. The lowest BCUT2D eigenvalue weighted by molar-refractivity contribution is -0.140. The normalized spacial score (nSPS) is 17.9. The number of ether oxygens (including phenoxy) is 1. The third kappa shape index (κ3) is 4.61. The van der Waals surface area contributed by atoms with E-state index < -0.39 is 16.0 Å². The summed E-state index contributed by atoms with van der Waals surface area (Å²) in [6.07, 6.45) is 3.86. The van der Waals surface area contributed by atoms with E-state index in [2.05, 4.69) is 9.46 Å². The van der Waals surface area contributed by atoms with Crippen LogP contribution in [0, 0.1) is 0 Å². The van der Waals surface area contributed by atoms with Crippen molar-refractivity contribution in [2.75, 3.05) is 12.9 Å². The third-order valence-corrected chi connectivity index (χ3v) is 3.94. The molecule has 0 aromatic rings. The minimum atomic E-state index is -3.32. The molecular weight excluding hydrogens is 218 g/mol. The number of rotatable bonds is 5. The molecule has 0 bridgehead atoms. The lowest BCUT2D eigenvalue weighted by atomic mass is 10.3. The Kier molecular flexibility index (Phi) is 4.53. The smallest absolute Gasteiger partial charge is 0.306 e. The zero-order valence-electron chi connectivity index (χ0n) is 8.86. The number of hydrogen-bond acceptors (Lipinski definition) is 4. The fourth-order valence-corrected chi connectivity index (χ4v) is 2.97. The summed E-state index contributed by atoms with van der Waals surface area (Å²) in [5.74, 6) is -0.678. The molecular formula is C9H17NO4S. The molecule has 0 unspecified atom stereocenters. The van der Waals surface area contributed by atoms with Crippen molar-refractivity contribution in [2.45, 2.75) is 38.1 Å². The summed E-state index contributed by atoms with van der Waals surface area (Å²) >= 11 is 0. The molecule has 1 aliphatic carbocycles. The maximum atomic E-state index is 11.5. The Hall–Kier alpha value is -0.620. The molecule has 0 saturated heterocycles. The highest BCUT2D eigenvalue weighted by Gasteiger charge is 2.21.